The molecule has 1 aromatic heterocycles. The minimum atomic E-state index is -0.618. The number of nitrogens with one attached hydrogen (secondary N) is 1. The maximum Gasteiger partial charge on any atom is 0.333 e. The minimum absolute atomic E-state index is 0.310. The van der Waals surface area contributed by atoms with Gasteiger partial charge >= 0.3 is 5.97 Å². The maximum absolute atomic E-state index is 13.2. The summed E-state index contributed by atoms with van der Waals surface area (Å²) in [6, 6.07) is 7.23. The molecule has 0 spiro atoms. The van der Waals surface area contributed by atoms with Gasteiger partial charge in [-0.1, -0.05) is 6.07 Å². The molecule has 0 amide bonds. The molecule has 1 unspecified atom stereocenters. The predicted molar refractivity (Wildman–Crippen MR) is 73.7 cm³/mol. The molecule has 0 aliphatic rings. The van der Waals surface area contributed by atoms with Crippen molar-refractivity contribution in [2.45, 2.75) is 13.0 Å². The zero-order chi connectivity index (χ0) is 13.7. The van der Waals surface area contributed by atoms with Crippen LogP contribution >= 0.6 is 11.3 Å². The van der Waals surface area contributed by atoms with Crippen molar-refractivity contribution in [1.29, 1.82) is 0 Å². The van der Waals surface area contributed by atoms with E-state index in [0.29, 0.717) is 12.3 Å². The second-order valence-electron chi connectivity index (χ2n) is 3.90. The highest BCUT2D eigenvalue weighted by Crippen LogP contribution is 2.23. The van der Waals surface area contributed by atoms with Crippen molar-refractivity contribution in [2.24, 2.45) is 0 Å². The van der Waals surface area contributed by atoms with Crippen molar-refractivity contribution < 1.29 is 13.9 Å². The van der Waals surface area contributed by atoms with Gasteiger partial charge in [-0.05, 0) is 47.5 Å². The average molecular weight is 279 g/mol. The van der Waals surface area contributed by atoms with Gasteiger partial charge < -0.3 is 10.1 Å². The lowest BCUT2D eigenvalue weighted by molar-refractivity contribution is -0.144. The molecule has 100 valence electrons. The average Bonchev–Trinajstić information content (AvgIpc) is 2.90. The van der Waals surface area contributed by atoms with Gasteiger partial charge in [0, 0.05) is 5.69 Å². The summed E-state index contributed by atoms with van der Waals surface area (Å²) >= 11 is 1.50. The van der Waals surface area contributed by atoms with E-state index in [4.69, 9.17) is 4.74 Å². The van der Waals surface area contributed by atoms with Crippen LogP contribution in [0.3, 0.4) is 0 Å². The van der Waals surface area contributed by atoms with Crippen LogP contribution < -0.4 is 5.32 Å². The fraction of sp³-hybridized carbons (Fsp3) is 0.214. The molecule has 0 bridgehead atoms. The molecule has 1 atom stereocenters. The van der Waals surface area contributed by atoms with Gasteiger partial charge in [0.15, 0.2) is 6.04 Å². The second-order valence-corrected chi connectivity index (χ2v) is 4.68. The van der Waals surface area contributed by atoms with E-state index in [1.165, 1.54) is 23.5 Å². The molecule has 2 rings (SSSR count). The first-order valence-corrected chi connectivity index (χ1v) is 6.86. The lowest BCUT2D eigenvalue weighted by Crippen LogP contribution is -2.23. The summed E-state index contributed by atoms with van der Waals surface area (Å²) in [5.74, 6) is -0.719. The highest BCUT2D eigenvalue weighted by Gasteiger charge is 2.22. The van der Waals surface area contributed by atoms with Crippen LogP contribution in [0.2, 0.25) is 0 Å². The van der Waals surface area contributed by atoms with Gasteiger partial charge in [0.1, 0.15) is 5.82 Å². The Kier molecular flexibility index (Phi) is 4.52. The van der Waals surface area contributed by atoms with Crippen LogP contribution in [0.15, 0.2) is 41.1 Å². The molecule has 1 N–H and O–H groups in total. The van der Waals surface area contributed by atoms with Crippen LogP contribution in [-0.4, -0.2) is 12.6 Å². The van der Waals surface area contributed by atoms with E-state index >= 15 is 0 Å². The molecular weight excluding hydrogens is 265 g/mol. The fourth-order valence-corrected chi connectivity index (χ4v) is 2.37. The molecule has 2 aromatic rings. The largest absolute Gasteiger partial charge is 0.464 e. The molecule has 19 heavy (non-hydrogen) atoms. The summed E-state index contributed by atoms with van der Waals surface area (Å²) in [7, 11) is 0. The quantitative estimate of drug-likeness (QED) is 0.850. The Balaban J connectivity index is 2.21. The number of thiophene rings is 1. The third-order valence-electron chi connectivity index (χ3n) is 2.53. The molecule has 0 radical (unpaired) electrons. The molecule has 0 fully saturated rings. The van der Waals surface area contributed by atoms with Crippen molar-refractivity contribution in [3.8, 4) is 0 Å². The second kappa shape index (κ2) is 6.33. The Labute approximate surface area is 115 Å². The number of hydrogen-bond donors (Lipinski definition) is 1. The summed E-state index contributed by atoms with van der Waals surface area (Å²) in [4.78, 5) is 12.0. The molecule has 0 saturated carbocycles. The standard InChI is InChI=1S/C14H14FNO2S/c1-2-18-14(17)13(10-6-7-19-9-10)16-12-5-3-4-11(15)8-12/h3-9,13,16H,2H2,1H3. The van der Waals surface area contributed by atoms with Gasteiger partial charge in [-0.3, -0.25) is 0 Å². The highest BCUT2D eigenvalue weighted by molar-refractivity contribution is 7.08. The molecule has 1 aromatic carbocycles. The van der Waals surface area contributed by atoms with Crippen molar-refractivity contribution >= 4 is 23.0 Å². The number of rotatable bonds is 5. The Morgan fingerprint density at radius 2 is 2.32 bits per heavy atom. The van der Waals surface area contributed by atoms with Crippen LogP contribution in [0.4, 0.5) is 10.1 Å². The maximum atomic E-state index is 13.2. The molecule has 0 aliphatic carbocycles. The zero-order valence-electron chi connectivity index (χ0n) is 10.4. The molecule has 3 nitrogen and oxygen atoms in total. The number of hydrogen-bond acceptors (Lipinski definition) is 4. The number of benzene rings is 1. The van der Waals surface area contributed by atoms with E-state index in [2.05, 4.69) is 5.32 Å². The van der Waals surface area contributed by atoms with E-state index in [0.717, 1.165) is 5.56 Å². The SMILES string of the molecule is CCOC(=O)C(Nc1cccc(F)c1)c1ccsc1. The van der Waals surface area contributed by atoms with Gasteiger partial charge in [-0.15, -0.1) is 0 Å². The van der Waals surface area contributed by atoms with E-state index < -0.39 is 6.04 Å². The number of esters is 1. The number of carbonyl (C=O) groups excluding carboxylic acids is 1. The van der Waals surface area contributed by atoms with Crippen molar-refractivity contribution in [3.05, 3.63) is 52.5 Å². The predicted octanol–water partition coefficient (Wildman–Crippen LogP) is 3.60. The van der Waals surface area contributed by atoms with Gasteiger partial charge in [-0.2, -0.15) is 11.3 Å². The summed E-state index contributed by atoms with van der Waals surface area (Å²) in [6.45, 7) is 2.06. The number of anilines is 1. The van der Waals surface area contributed by atoms with Crippen LogP contribution in [0.5, 0.6) is 0 Å². The number of carbonyl (C=O) groups is 1. The Morgan fingerprint density at radius 1 is 1.47 bits per heavy atom. The van der Waals surface area contributed by atoms with Crippen molar-refractivity contribution in [1.82, 2.24) is 0 Å². The zero-order valence-corrected chi connectivity index (χ0v) is 11.2. The van der Waals surface area contributed by atoms with Gasteiger partial charge in [-0.25, -0.2) is 9.18 Å². The normalized spacial score (nSPS) is 11.9. The summed E-state index contributed by atoms with van der Waals surface area (Å²) < 4.78 is 18.2. The topological polar surface area (TPSA) is 38.3 Å². The first-order valence-electron chi connectivity index (χ1n) is 5.91. The van der Waals surface area contributed by atoms with Gasteiger partial charge in [0.2, 0.25) is 0 Å². The Morgan fingerprint density at radius 3 is 2.95 bits per heavy atom. The van der Waals surface area contributed by atoms with Crippen molar-refractivity contribution in [2.75, 3.05) is 11.9 Å². The van der Waals surface area contributed by atoms with Crippen LogP contribution in [-0.2, 0) is 9.53 Å². The Bertz CT molecular complexity index is 542. The van der Waals surface area contributed by atoms with Gasteiger partial charge in [0.05, 0.1) is 6.61 Å². The number of ether oxygens (including phenoxy) is 1. The summed E-state index contributed by atoms with van der Waals surface area (Å²) in [6.07, 6.45) is 0. The summed E-state index contributed by atoms with van der Waals surface area (Å²) in [5.41, 5.74) is 1.36. The van der Waals surface area contributed by atoms with E-state index in [1.54, 1.807) is 19.1 Å². The minimum Gasteiger partial charge on any atom is -0.464 e. The summed E-state index contributed by atoms with van der Waals surface area (Å²) in [5, 5.41) is 6.75. The van der Waals surface area contributed by atoms with E-state index in [1.807, 2.05) is 16.8 Å². The molecule has 5 heteroatoms. The monoisotopic (exact) mass is 279 g/mol. The third-order valence-corrected chi connectivity index (χ3v) is 3.24. The first-order chi connectivity index (χ1) is 9.20. The van der Waals surface area contributed by atoms with Crippen LogP contribution in [0.25, 0.3) is 0 Å². The lowest BCUT2D eigenvalue weighted by Gasteiger charge is -2.17. The van der Waals surface area contributed by atoms with Gasteiger partial charge in [0.25, 0.3) is 0 Å². The Hall–Kier alpha value is -1.88. The van der Waals surface area contributed by atoms with Crippen molar-refractivity contribution in [3.63, 3.8) is 0 Å². The molecule has 0 aliphatic heterocycles. The molecule has 0 saturated heterocycles. The highest BCUT2D eigenvalue weighted by atomic mass is 32.1. The fourth-order valence-electron chi connectivity index (χ4n) is 1.69. The van der Waals surface area contributed by atoms with Crippen LogP contribution in [0, 0.1) is 5.82 Å². The third kappa shape index (κ3) is 3.54. The molecular formula is C14H14FNO2S. The number of halogens is 1. The van der Waals surface area contributed by atoms with E-state index in [-0.39, 0.29) is 11.8 Å². The van der Waals surface area contributed by atoms with E-state index in [9.17, 15) is 9.18 Å². The lowest BCUT2D eigenvalue weighted by atomic mass is 10.1. The smallest absolute Gasteiger partial charge is 0.333 e. The first kappa shape index (κ1) is 13.5. The molecule has 1 heterocycles. The van der Waals surface area contributed by atoms with Crippen LogP contribution in [0.1, 0.15) is 18.5 Å².